The van der Waals surface area contributed by atoms with Gasteiger partial charge >= 0.3 is 18.1 Å². The number of carbonyl (C=O) groups excluding carboxylic acids is 2. The molecule has 0 aromatic heterocycles. The monoisotopic (exact) mass is 254 g/mol. The zero-order valence-electron chi connectivity index (χ0n) is 9.63. The van der Waals surface area contributed by atoms with Crippen molar-refractivity contribution < 1.29 is 32.2 Å². The minimum absolute atomic E-state index is 0.0357. The summed E-state index contributed by atoms with van der Waals surface area (Å²) in [6, 6.07) is 0. The van der Waals surface area contributed by atoms with Gasteiger partial charge in [0.05, 0.1) is 0 Å². The van der Waals surface area contributed by atoms with Crippen molar-refractivity contribution in [3.8, 4) is 0 Å². The molecule has 0 fully saturated rings. The Morgan fingerprint density at radius 1 is 1.18 bits per heavy atom. The molecule has 0 radical (unpaired) electrons. The second-order valence-corrected chi connectivity index (χ2v) is 3.45. The maximum absolute atomic E-state index is 12.1. The van der Waals surface area contributed by atoms with Gasteiger partial charge in [-0.2, -0.15) is 13.2 Å². The third kappa shape index (κ3) is 5.37. The van der Waals surface area contributed by atoms with Crippen LogP contribution in [0, 0.1) is 0 Å². The van der Waals surface area contributed by atoms with Crippen LogP contribution in [0.3, 0.4) is 0 Å². The van der Waals surface area contributed by atoms with Crippen molar-refractivity contribution in [1.29, 1.82) is 0 Å². The van der Waals surface area contributed by atoms with Crippen molar-refractivity contribution in [1.82, 2.24) is 0 Å². The van der Waals surface area contributed by atoms with Crippen molar-refractivity contribution in [3.05, 3.63) is 12.2 Å². The van der Waals surface area contributed by atoms with Crippen LogP contribution in [0.4, 0.5) is 13.2 Å². The van der Waals surface area contributed by atoms with E-state index < -0.39 is 30.3 Å². The maximum atomic E-state index is 12.1. The topological polar surface area (TPSA) is 52.6 Å². The Bertz CT molecular complexity index is 322. The molecule has 0 spiro atoms. The van der Waals surface area contributed by atoms with Crippen LogP contribution in [0.5, 0.6) is 0 Å². The van der Waals surface area contributed by atoms with E-state index in [1.807, 2.05) is 0 Å². The fourth-order valence-corrected chi connectivity index (χ4v) is 0.646. The summed E-state index contributed by atoms with van der Waals surface area (Å²) in [7, 11) is 0. The van der Waals surface area contributed by atoms with Crippen molar-refractivity contribution in [2.24, 2.45) is 0 Å². The number of rotatable bonds is 4. The molecule has 0 N–H and O–H groups in total. The Morgan fingerprint density at radius 2 is 1.65 bits per heavy atom. The summed E-state index contributed by atoms with van der Waals surface area (Å²) in [5, 5.41) is 0. The second-order valence-electron chi connectivity index (χ2n) is 3.45. The molecule has 0 saturated carbocycles. The lowest BCUT2D eigenvalue weighted by atomic mass is 10.3. The van der Waals surface area contributed by atoms with E-state index in [1.165, 1.54) is 6.92 Å². The Kier molecular flexibility index (Phi) is 5.18. The molecular weight excluding hydrogens is 241 g/mol. The van der Waals surface area contributed by atoms with Crippen LogP contribution in [0.25, 0.3) is 0 Å². The molecule has 0 aliphatic rings. The molecule has 0 aliphatic heterocycles. The molecule has 0 saturated heterocycles. The lowest BCUT2D eigenvalue weighted by Crippen LogP contribution is -2.35. The zero-order valence-corrected chi connectivity index (χ0v) is 9.63. The summed E-state index contributed by atoms with van der Waals surface area (Å²) >= 11 is 0. The van der Waals surface area contributed by atoms with Crippen LogP contribution in [0.2, 0.25) is 0 Å². The molecule has 0 aliphatic carbocycles. The molecule has 98 valence electrons. The quantitative estimate of drug-likeness (QED) is 0.568. The first kappa shape index (κ1) is 15.5. The van der Waals surface area contributed by atoms with Crippen molar-refractivity contribution in [2.75, 3.05) is 0 Å². The van der Waals surface area contributed by atoms with Crippen LogP contribution >= 0.6 is 0 Å². The second kappa shape index (κ2) is 5.70. The van der Waals surface area contributed by atoms with Gasteiger partial charge in [-0.15, -0.1) is 0 Å². The number of esters is 2. The van der Waals surface area contributed by atoms with Gasteiger partial charge in [-0.3, -0.25) is 0 Å². The van der Waals surface area contributed by atoms with Crippen LogP contribution in [-0.2, 0) is 19.1 Å². The zero-order chi connectivity index (χ0) is 13.8. The first-order valence-corrected chi connectivity index (χ1v) is 4.69. The highest BCUT2D eigenvalue weighted by atomic mass is 19.4. The molecular formula is C10H13F3O4. The van der Waals surface area contributed by atoms with E-state index >= 15 is 0 Å². The fraction of sp³-hybridized carbons (Fsp3) is 0.600. The Balaban J connectivity index is 4.34. The molecule has 17 heavy (non-hydrogen) atoms. The van der Waals surface area contributed by atoms with Crippen LogP contribution in [0.1, 0.15) is 20.8 Å². The lowest BCUT2D eigenvalue weighted by Gasteiger charge is -2.19. The molecule has 0 bridgehead atoms. The highest BCUT2D eigenvalue weighted by Crippen LogP contribution is 2.22. The van der Waals surface area contributed by atoms with Gasteiger partial charge in [-0.1, -0.05) is 6.58 Å². The predicted octanol–water partition coefficient (Wildman–Crippen LogP) is 1.99. The van der Waals surface area contributed by atoms with E-state index in [9.17, 15) is 22.8 Å². The van der Waals surface area contributed by atoms with Crippen molar-refractivity contribution in [2.45, 2.75) is 39.2 Å². The molecule has 0 rings (SSSR count). The molecule has 4 nitrogen and oxygen atoms in total. The number of halogens is 3. The maximum Gasteiger partial charge on any atom is 0.425 e. The van der Waals surface area contributed by atoms with Gasteiger partial charge in [0.2, 0.25) is 0 Å². The minimum atomic E-state index is -4.65. The average Bonchev–Trinajstić information content (AvgIpc) is 2.15. The van der Waals surface area contributed by atoms with E-state index in [0.717, 1.165) is 6.92 Å². The van der Waals surface area contributed by atoms with E-state index in [0.29, 0.717) is 6.92 Å². The van der Waals surface area contributed by atoms with E-state index in [1.54, 1.807) is 0 Å². The van der Waals surface area contributed by atoms with Gasteiger partial charge in [0, 0.05) is 5.57 Å². The van der Waals surface area contributed by atoms with Gasteiger partial charge < -0.3 is 9.47 Å². The van der Waals surface area contributed by atoms with E-state index in [2.05, 4.69) is 16.1 Å². The molecule has 7 heteroatoms. The highest BCUT2D eigenvalue weighted by molar-refractivity contribution is 5.89. The molecule has 0 heterocycles. The molecule has 0 amide bonds. The molecule has 0 aromatic rings. The number of ether oxygens (including phenoxy) is 2. The Hall–Kier alpha value is -1.53. The van der Waals surface area contributed by atoms with Crippen LogP contribution < -0.4 is 0 Å². The number of hydrogen-bond acceptors (Lipinski definition) is 4. The third-order valence-corrected chi connectivity index (χ3v) is 1.72. The van der Waals surface area contributed by atoms with E-state index in [4.69, 9.17) is 0 Å². The first-order valence-electron chi connectivity index (χ1n) is 4.69. The normalized spacial score (nSPS) is 14.7. The van der Waals surface area contributed by atoms with Gasteiger partial charge in [0.1, 0.15) is 0 Å². The first-order chi connectivity index (χ1) is 7.55. The standard InChI is InChI=1S/C10H13F3O4/c1-5(2)8(14)16-6(3)9(15)17-7(4)10(11,12)13/h6-7H,1H2,2-4H3. The van der Waals surface area contributed by atoms with E-state index in [-0.39, 0.29) is 5.57 Å². The van der Waals surface area contributed by atoms with Crippen LogP contribution in [0.15, 0.2) is 12.2 Å². The highest BCUT2D eigenvalue weighted by Gasteiger charge is 2.40. The molecule has 2 atom stereocenters. The Morgan fingerprint density at radius 3 is 2.00 bits per heavy atom. The summed E-state index contributed by atoms with van der Waals surface area (Å²) in [6.45, 7) is 6.41. The van der Waals surface area contributed by atoms with Gasteiger partial charge in [0.25, 0.3) is 0 Å². The SMILES string of the molecule is C=C(C)C(=O)OC(C)C(=O)OC(C)C(F)(F)F. The van der Waals surface area contributed by atoms with Crippen LogP contribution in [-0.4, -0.2) is 30.3 Å². The van der Waals surface area contributed by atoms with Gasteiger partial charge in [-0.25, -0.2) is 9.59 Å². The fourth-order valence-electron chi connectivity index (χ4n) is 0.646. The largest absolute Gasteiger partial charge is 0.450 e. The number of carbonyl (C=O) groups is 2. The summed E-state index contributed by atoms with van der Waals surface area (Å²) < 4.78 is 44.8. The minimum Gasteiger partial charge on any atom is -0.450 e. The van der Waals surface area contributed by atoms with Gasteiger partial charge in [0.15, 0.2) is 12.2 Å². The third-order valence-electron chi connectivity index (χ3n) is 1.72. The smallest absolute Gasteiger partial charge is 0.425 e. The average molecular weight is 254 g/mol. The number of hydrogen-bond donors (Lipinski definition) is 0. The summed E-state index contributed by atoms with van der Waals surface area (Å²) in [6.07, 6.45) is -8.31. The number of alkyl halides is 3. The van der Waals surface area contributed by atoms with Gasteiger partial charge in [-0.05, 0) is 20.8 Å². The molecule has 2 unspecified atom stereocenters. The molecule has 0 aromatic carbocycles. The predicted molar refractivity (Wildman–Crippen MR) is 52.0 cm³/mol. The summed E-state index contributed by atoms with van der Waals surface area (Å²) in [4.78, 5) is 22.1. The summed E-state index contributed by atoms with van der Waals surface area (Å²) in [5.74, 6) is -2.13. The summed E-state index contributed by atoms with van der Waals surface area (Å²) in [5.41, 5.74) is 0.0357. The van der Waals surface area contributed by atoms with Crippen molar-refractivity contribution >= 4 is 11.9 Å². The van der Waals surface area contributed by atoms with Crippen molar-refractivity contribution in [3.63, 3.8) is 0 Å². The lowest BCUT2D eigenvalue weighted by molar-refractivity contribution is -0.220. The Labute approximate surface area is 96.4 Å².